The first-order valence-corrected chi connectivity index (χ1v) is 7.82. The summed E-state index contributed by atoms with van der Waals surface area (Å²) in [6.45, 7) is 2.10. The highest BCUT2D eigenvalue weighted by molar-refractivity contribution is 7.18. The van der Waals surface area contributed by atoms with Gasteiger partial charge < -0.3 is 10.1 Å². The van der Waals surface area contributed by atoms with Crippen molar-refractivity contribution in [1.29, 1.82) is 0 Å². The summed E-state index contributed by atoms with van der Waals surface area (Å²) in [4.78, 5) is 4.67. The van der Waals surface area contributed by atoms with Crippen LogP contribution < -0.4 is 10.1 Å². The highest BCUT2D eigenvalue weighted by Gasteiger charge is 2.12. The molecule has 0 aliphatic rings. The van der Waals surface area contributed by atoms with E-state index in [1.807, 2.05) is 36.4 Å². The Balaban J connectivity index is 1.83. The zero-order valence-electron chi connectivity index (χ0n) is 11.8. The topological polar surface area (TPSA) is 34.1 Å². The molecule has 1 aromatic heterocycles. The van der Waals surface area contributed by atoms with Gasteiger partial charge in [0.15, 0.2) is 0 Å². The maximum absolute atomic E-state index is 6.04. The van der Waals surface area contributed by atoms with E-state index in [-0.39, 0.29) is 6.04 Å². The second-order valence-electron chi connectivity index (χ2n) is 4.74. The molecule has 3 nitrogen and oxygen atoms in total. The Bertz CT molecular complexity index is 739. The molecule has 0 saturated carbocycles. The molecule has 108 valence electrons. The predicted molar refractivity (Wildman–Crippen MR) is 89.7 cm³/mol. The lowest BCUT2D eigenvalue weighted by atomic mass is 10.2. The van der Waals surface area contributed by atoms with Crippen LogP contribution in [0.15, 0.2) is 42.5 Å². The molecule has 1 atom stereocenters. The monoisotopic (exact) mass is 318 g/mol. The quantitative estimate of drug-likeness (QED) is 0.724. The van der Waals surface area contributed by atoms with E-state index in [0.717, 1.165) is 16.2 Å². The first-order chi connectivity index (χ1) is 10.2. The van der Waals surface area contributed by atoms with Crippen molar-refractivity contribution < 1.29 is 4.74 Å². The van der Waals surface area contributed by atoms with Gasteiger partial charge in [0, 0.05) is 11.8 Å². The van der Waals surface area contributed by atoms with Gasteiger partial charge in [-0.1, -0.05) is 23.7 Å². The van der Waals surface area contributed by atoms with Crippen LogP contribution in [0.2, 0.25) is 5.02 Å². The largest absolute Gasteiger partial charge is 0.495 e. The fourth-order valence-electron chi connectivity index (χ4n) is 2.14. The number of methoxy groups -OCH3 is 1. The Morgan fingerprint density at radius 2 is 2.05 bits per heavy atom. The summed E-state index contributed by atoms with van der Waals surface area (Å²) in [5.74, 6) is 0.665. The molecule has 0 radical (unpaired) electrons. The Hall–Kier alpha value is -1.78. The second-order valence-corrected chi connectivity index (χ2v) is 6.20. The van der Waals surface area contributed by atoms with Crippen LogP contribution in [-0.2, 0) is 0 Å². The lowest BCUT2D eigenvalue weighted by molar-refractivity contribution is 0.415. The Kier molecular flexibility index (Phi) is 3.99. The molecule has 3 rings (SSSR count). The number of fused-ring (bicyclic) bond motifs is 1. The van der Waals surface area contributed by atoms with Crippen molar-refractivity contribution in [3.05, 3.63) is 52.5 Å². The summed E-state index contributed by atoms with van der Waals surface area (Å²) in [6.07, 6.45) is 0. The number of para-hydroxylation sites is 1. The number of ether oxygens (including phenoxy) is 1. The number of thiazole rings is 1. The number of benzene rings is 2. The van der Waals surface area contributed by atoms with Crippen LogP contribution in [0.25, 0.3) is 10.2 Å². The fourth-order valence-corrected chi connectivity index (χ4v) is 3.30. The molecule has 1 N–H and O–H groups in total. The maximum Gasteiger partial charge on any atom is 0.139 e. The normalized spacial score (nSPS) is 12.3. The van der Waals surface area contributed by atoms with E-state index >= 15 is 0 Å². The molecule has 0 fully saturated rings. The van der Waals surface area contributed by atoms with E-state index in [2.05, 4.69) is 23.3 Å². The zero-order chi connectivity index (χ0) is 14.8. The number of aromatic nitrogens is 1. The van der Waals surface area contributed by atoms with Crippen LogP contribution in [0.3, 0.4) is 0 Å². The smallest absolute Gasteiger partial charge is 0.139 e. The van der Waals surface area contributed by atoms with Crippen LogP contribution >= 0.6 is 22.9 Å². The molecule has 0 aliphatic carbocycles. The summed E-state index contributed by atoms with van der Waals surface area (Å²) < 4.78 is 6.44. The first kappa shape index (κ1) is 14.2. The Morgan fingerprint density at radius 3 is 2.81 bits per heavy atom. The molecular weight excluding hydrogens is 304 g/mol. The number of halogens is 1. The zero-order valence-corrected chi connectivity index (χ0v) is 13.3. The fraction of sp³-hybridized carbons (Fsp3) is 0.188. The minimum atomic E-state index is 0.119. The summed E-state index contributed by atoms with van der Waals surface area (Å²) in [5, 5.41) is 5.10. The van der Waals surface area contributed by atoms with Crippen molar-refractivity contribution in [2.24, 2.45) is 0 Å². The van der Waals surface area contributed by atoms with E-state index in [9.17, 15) is 0 Å². The summed E-state index contributed by atoms with van der Waals surface area (Å²) in [6, 6.07) is 13.9. The van der Waals surface area contributed by atoms with Crippen LogP contribution in [0.4, 0.5) is 5.69 Å². The van der Waals surface area contributed by atoms with Gasteiger partial charge in [-0.05, 0) is 31.2 Å². The number of anilines is 1. The van der Waals surface area contributed by atoms with E-state index in [4.69, 9.17) is 16.3 Å². The van der Waals surface area contributed by atoms with Crippen molar-refractivity contribution >= 4 is 38.8 Å². The highest BCUT2D eigenvalue weighted by atomic mass is 35.5. The molecule has 0 saturated heterocycles. The standard InChI is InChI=1S/C16H15ClN2OS/c1-10(16-19-13-5-3-4-6-15(13)21-16)18-11-7-8-12(17)14(9-11)20-2/h3-10,18H,1-2H3. The van der Waals surface area contributed by atoms with Crippen LogP contribution in [0.1, 0.15) is 18.0 Å². The number of hydrogen-bond acceptors (Lipinski definition) is 4. The van der Waals surface area contributed by atoms with Gasteiger partial charge in [0.2, 0.25) is 0 Å². The van der Waals surface area contributed by atoms with Crippen molar-refractivity contribution in [2.75, 3.05) is 12.4 Å². The average Bonchev–Trinajstić information content (AvgIpc) is 2.93. The molecule has 0 bridgehead atoms. The molecule has 0 amide bonds. The molecule has 5 heteroatoms. The van der Waals surface area contributed by atoms with E-state index in [1.165, 1.54) is 4.70 Å². The third-order valence-corrected chi connectivity index (χ3v) is 4.75. The highest BCUT2D eigenvalue weighted by Crippen LogP contribution is 2.31. The number of hydrogen-bond donors (Lipinski definition) is 1. The third-order valence-electron chi connectivity index (χ3n) is 3.22. The summed E-state index contributed by atoms with van der Waals surface area (Å²) in [7, 11) is 1.61. The number of rotatable bonds is 4. The summed E-state index contributed by atoms with van der Waals surface area (Å²) >= 11 is 7.75. The third kappa shape index (κ3) is 2.96. The van der Waals surface area contributed by atoms with Gasteiger partial charge >= 0.3 is 0 Å². The molecule has 1 unspecified atom stereocenters. The van der Waals surface area contributed by atoms with Gasteiger partial charge in [0.1, 0.15) is 10.8 Å². The summed E-state index contributed by atoms with van der Waals surface area (Å²) in [5.41, 5.74) is 2.00. The van der Waals surface area contributed by atoms with Crippen molar-refractivity contribution in [3.63, 3.8) is 0 Å². The Morgan fingerprint density at radius 1 is 1.24 bits per heavy atom. The molecule has 0 spiro atoms. The van der Waals surface area contributed by atoms with Gasteiger partial charge in [-0.2, -0.15) is 0 Å². The SMILES string of the molecule is COc1cc(NC(C)c2nc3ccccc3s2)ccc1Cl. The van der Waals surface area contributed by atoms with Gasteiger partial charge in [-0.15, -0.1) is 11.3 Å². The van der Waals surface area contributed by atoms with E-state index < -0.39 is 0 Å². The van der Waals surface area contributed by atoms with Crippen LogP contribution in [-0.4, -0.2) is 12.1 Å². The lowest BCUT2D eigenvalue weighted by Crippen LogP contribution is -2.06. The number of nitrogens with zero attached hydrogens (tertiary/aromatic N) is 1. The number of nitrogens with one attached hydrogen (secondary N) is 1. The minimum absolute atomic E-state index is 0.119. The minimum Gasteiger partial charge on any atom is -0.495 e. The predicted octanol–water partition coefficient (Wildman–Crippen LogP) is 5.13. The van der Waals surface area contributed by atoms with Crippen molar-refractivity contribution in [1.82, 2.24) is 4.98 Å². The van der Waals surface area contributed by atoms with Gasteiger partial charge in [-0.25, -0.2) is 4.98 Å². The van der Waals surface area contributed by atoms with Gasteiger partial charge in [0.05, 0.1) is 28.4 Å². The molecule has 0 aliphatic heterocycles. The van der Waals surface area contributed by atoms with Crippen LogP contribution in [0.5, 0.6) is 5.75 Å². The van der Waals surface area contributed by atoms with Gasteiger partial charge in [-0.3, -0.25) is 0 Å². The lowest BCUT2D eigenvalue weighted by Gasteiger charge is -2.14. The maximum atomic E-state index is 6.04. The molecular formula is C16H15ClN2OS. The molecule has 21 heavy (non-hydrogen) atoms. The molecule has 2 aromatic carbocycles. The second kappa shape index (κ2) is 5.92. The van der Waals surface area contributed by atoms with E-state index in [1.54, 1.807) is 18.4 Å². The average molecular weight is 319 g/mol. The van der Waals surface area contributed by atoms with E-state index in [0.29, 0.717) is 10.8 Å². The van der Waals surface area contributed by atoms with Crippen molar-refractivity contribution in [2.45, 2.75) is 13.0 Å². The van der Waals surface area contributed by atoms with Crippen molar-refractivity contribution in [3.8, 4) is 5.75 Å². The molecule has 3 aromatic rings. The van der Waals surface area contributed by atoms with Gasteiger partial charge in [0.25, 0.3) is 0 Å². The Labute approximate surface area is 132 Å². The first-order valence-electron chi connectivity index (χ1n) is 6.63. The van der Waals surface area contributed by atoms with Crippen LogP contribution in [0, 0.1) is 0 Å². The molecule has 1 heterocycles.